The number of hydrogen-bond donors (Lipinski definition) is 0. The van der Waals surface area contributed by atoms with Gasteiger partial charge in [0.25, 0.3) is 0 Å². The Morgan fingerprint density at radius 1 is 0.274 bits per heavy atom. The number of benzene rings is 11. The summed E-state index contributed by atoms with van der Waals surface area (Å²) in [6.45, 7) is 4.67. The van der Waals surface area contributed by atoms with Crippen LogP contribution in [-0.4, -0.2) is 0 Å². The van der Waals surface area contributed by atoms with Gasteiger partial charge in [-0.25, -0.2) is 0 Å². The van der Waals surface area contributed by atoms with Crippen LogP contribution in [0, 0.1) is 0 Å². The molecule has 1 heteroatoms. The van der Waals surface area contributed by atoms with Crippen LogP contribution in [0.15, 0.2) is 211 Å². The Hall–Kier alpha value is -7.74. The standard InChI is InChI=1S/C61H40O/c1-61(2)54-30-15-14-29-51(54)58-55(61)34-33-50-53-36-52(42-23-8-13-28-49(42)59(53)62-60(50)58)43-31-32-48(41-22-7-6-21-40(41)43)57-46-26-11-9-24-44(46)56(45-25-10-12-27-47(45)57)39-20-16-19-38(35-39)37-17-4-3-5-18-37/h3-36H,1-2H3. The molecule has 11 aromatic carbocycles. The number of hydrogen-bond acceptors (Lipinski definition) is 1. The van der Waals surface area contributed by atoms with Crippen LogP contribution >= 0.6 is 0 Å². The topological polar surface area (TPSA) is 13.1 Å². The van der Waals surface area contributed by atoms with Crippen molar-refractivity contribution in [1.82, 2.24) is 0 Å². The molecule has 0 radical (unpaired) electrons. The molecule has 0 fully saturated rings. The molecule has 290 valence electrons. The second-order valence-electron chi connectivity index (χ2n) is 17.5. The Balaban J connectivity index is 1.05. The first-order valence-corrected chi connectivity index (χ1v) is 21.7. The van der Waals surface area contributed by atoms with Crippen molar-refractivity contribution in [3.05, 3.63) is 217 Å². The van der Waals surface area contributed by atoms with Gasteiger partial charge in [-0.1, -0.05) is 208 Å². The molecule has 0 saturated carbocycles. The average Bonchev–Trinajstić information content (AvgIpc) is 3.82. The van der Waals surface area contributed by atoms with Crippen molar-refractivity contribution in [2.75, 3.05) is 0 Å². The van der Waals surface area contributed by atoms with Crippen LogP contribution in [0.2, 0.25) is 0 Å². The van der Waals surface area contributed by atoms with Gasteiger partial charge in [0, 0.05) is 27.1 Å². The molecule has 13 rings (SSSR count). The van der Waals surface area contributed by atoms with Crippen molar-refractivity contribution in [3.63, 3.8) is 0 Å². The smallest absolute Gasteiger partial charge is 0.143 e. The molecular formula is C61H40O. The van der Waals surface area contributed by atoms with Crippen molar-refractivity contribution < 1.29 is 4.42 Å². The van der Waals surface area contributed by atoms with E-state index in [1.165, 1.54) is 104 Å². The Morgan fingerprint density at radius 2 is 0.790 bits per heavy atom. The minimum atomic E-state index is -0.0998. The molecule has 1 aliphatic rings. The van der Waals surface area contributed by atoms with Crippen LogP contribution in [0.3, 0.4) is 0 Å². The average molecular weight is 789 g/mol. The lowest BCUT2D eigenvalue weighted by molar-refractivity contribution is 0.654. The Kier molecular flexibility index (Phi) is 7.42. The van der Waals surface area contributed by atoms with Crippen LogP contribution in [0.4, 0.5) is 0 Å². The molecule has 1 aliphatic carbocycles. The maximum Gasteiger partial charge on any atom is 0.143 e. The summed E-state index contributed by atoms with van der Waals surface area (Å²) in [6.07, 6.45) is 0. The Labute approximate surface area is 360 Å². The molecule has 1 aromatic heterocycles. The molecule has 12 aromatic rings. The third-order valence-corrected chi connectivity index (χ3v) is 13.9. The van der Waals surface area contributed by atoms with Crippen LogP contribution in [-0.2, 0) is 5.41 Å². The highest BCUT2D eigenvalue weighted by molar-refractivity contribution is 6.26. The van der Waals surface area contributed by atoms with Gasteiger partial charge in [-0.05, 0) is 111 Å². The summed E-state index contributed by atoms with van der Waals surface area (Å²) in [5.41, 5.74) is 16.9. The van der Waals surface area contributed by atoms with Gasteiger partial charge in [-0.3, -0.25) is 0 Å². The fourth-order valence-electron chi connectivity index (χ4n) is 11.0. The molecule has 0 spiro atoms. The third-order valence-electron chi connectivity index (χ3n) is 13.9. The number of furan rings is 1. The van der Waals surface area contributed by atoms with E-state index in [9.17, 15) is 0 Å². The lowest BCUT2D eigenvalue weighted by Crippen LogP contribution is -2.14. The summed E-state index contributed by atoms with van der Waals surface area (Å²) in [5.74, 6) is 0. The highest BCUT2D eigenvalue weighted by atomic mass is 16.3. The van der Waals surface area contributed by atoms with Crippen LogP contribution in [0.25, 0.3) is 121 Å². The Morgan fingerprint density at radius 3 is 1.50 bits per heavy atom. The second-order valence-corrected chi connectivity index (χ2v) is 17.5. The fraction of sp³-hybridized carbons (Fsp3) is 0.0492. The van der Waals surface area contributed by atoms with Gasteiger partial charge in [0.15, 0.2) is 0 Å². The van der Waals surface area contributed by atoms with Crippen LogP contribution in [0.5, 0.6) is 0 Å². The van der Waals surface area contributed by atoms with Crippen molar-refractivity contribution in [3.8, 4) is 55.6 Å². The van der Waals surface area contributed by atoms with Gasteiger partial charge < -0.3 is 4.42 Å². The fourth-order valence-corrected chi connectivity index (χ4v) is 11.0. The molecule has 0 bridgehead atoms. The normalized spacial score (nSPS) is 13.1. The monoisotopic (exact) mass is 788 g/mol. The number of fused-ring (bicyclic) bond motifs is 12. The van der Waals surface area contributed by atoms with Gasteiger partial charge >= 0.3 is 0 Å². The summed E-state index contributed by atoms with van der Waals surface area (Å²) >= 11 is 0. The van der Waals surface area contributed by atoms with E-state index in [0.29, 0.717) is 0 Å². The second kappa shape index (κ2) is 13.1. The van der Waals surface area contributed by atoms with Crippen molar-refractivity contribution in [1.29, 1.82) is 0 Å². The van der Waals surface area contributed by atoms with Crippen LogP contribution in [0.1, 0.15) is 25.0 Å². The molecule has 62 heavy (non-hydrogen) atoms. The van der Waals surface area contributed by atoms with Gasteiger partial charge in [-0.2, -0.15) is 0 Å². The summed E-state index contributed by atoms with van der Waals surface area (Å²) in [4.78, 5) is 0. The first-order valence-electron chi connectivity index (χ1n) is 21.7. The van der Waals surface area contributed by atoms with E-state index in [1.54, 1.807) is 0 Å². The molecule has 1 nitrogen and oxygen atoms in total. The lowest BCUT2D eigenvalue weighted by atomic mass is 9.82. The molecule has 0 aliphatic heterocycles. The van der Waals surface area contributed by atoms with Gasteiger partial charge in [0.1, 0.15) is 11.2 Å². The van der Waals surface area contributed by atoms with E-state index in [-0.39, 0.29) is 5.41 Å². The molecular weight excluding hydrogens is 749 g/mol. The van der Waals surface area contributed by atoms with E-state index in [2.05, 4.69) is 220 Å². The maximum atomic E-state index is 7.07. The molecule has 1 heterocycles. The predicted molar refractivity (Wildman–Crippen MR) is 263 cm³/mol. The van der Waals surface area contributed by atoms with E-state index in [1.807, 2.05) is 0 Å². The summed E-state index contributed by atoms with van der Waals surface area (Å²) in [5, 5.41) is 12.1. The molecule has 0 atom stereocenters. The van der Waals surface area contributed by atoms with Gasteiger partial charge in [0.2, 0.25) is 0 Å². The van der Waals surface area contributed by atoms with E-state index in [0.717, 1.165) is 27.3 Å². The molecule has 0 amide bonds. The zero-order chi connectivity index (χ0) is 41.1. The molecule has 0 saturated heterocycles. The zero-order valence-corrected chi connectivity index (χ0v) is 34.5. The Bertz CT molecular complexity index is 3770. The van der Waals surface area contributed by atoms with E-state index in [4.69, 9.17) is 4.42 Å². The van der Waals surface area contributed by atoms with Crippen molar-refractivity contribution >= 4 is 65.0 Å². The largest absolute Gasteiger partial charge is 0.455 e. The zero-order valence-electron chi connectivity index (χ0n) is 34.5. The lowest BCUT2D eigenvalue weighted by Gasteiger charge is -2.21. The molecule has 0 unspecified atom stereocenters. The minimum Gasteiger partial charge on any atom is -0.455 e. The van der Waals surface area contributed by atoms with Gasteiger partial charge in [0.05, 0.1) is 0 Å². The highest BCUT2D eigenvalue weighted by Gasteiger charge is 2.37. The first-order chi connectivity index (χ1) is 30.5. The van der Waals surface area contributed by atoms with Crippen molar-refractivity contribution in [2.24, 2.45) is 0 Å². The SMILES string of the molecule is CC1(C)c2ccccc2-c2c1ccc1c2oc2c3ccccc3c(-c3ccc(-c4c5ccccc5c(-c5cccc(-c6ccccc6)c5)c5ccccc45)c4ccccc34)cc12. The number of rotatable bonds is 4. The van der Waals surface area contributed by atoms with Gasteiger partial charge in [-0.15, -0.1) is 0 Å². The summed E-state index contributed by atoms with van der Waals surface area (Å²) in [6, 6.07) is 76.1. The van der Waals surface area contributed by atoms with E-state index >= 15 is 0 Å². The summed E-state index contributed by atoms with van der Waals surface area (Å²) in [7, 11) is 0. The summed E-state index contributed by atoms with van der Waals surface area (Å²) < 4.78 is 7.07. The highest BCUT2D eigenvalue weighted by Crippen LogP contribution is 2.54. The van der Waals surface area contributed by atoms with E-state index < -0.39 is 0 Å². The minimum absolute atomic E-state index is 0.0998. The predicted octanol–water partition coefficient (Wildman–Crippen LogP) is 17.2. The third kappa shape index (κ3) is 4.91. The maximum absolute atomic E-state index is 7.07. The first kappa shape index (κ1) is 35.1. The van der Waals surface area contributed by atoms with Crippen LogP contribution < -0.4 is 0 Å². The quantitative estimate of drug-likeness (QED) is 0.162. The molecule has 0 N–H and O–H groups in total. The van der Waals surface area contributed by atoms with Crippen molar-refractivity contribution in [2.45, 2.75) is 19.3 Å².